The number of nitrogens with zero attached hydrogens (tertiary/aromatic N) is 2. The highest BCUT2D eigenvalue weighted by molar-refractivity contribution is 6.05. The lowest BCUT2D eigenvalue weighted by Crippen LogP contribution is -2.32. The molecule has 1 aliphatic heterocycles. The van der Waals surface area contributed by atoms with Crippen LogP contribution in [0, 0.1) is 16.7 Å². The summed E-state index contributed by atoms with van der Waals surface area (Å²) in [7, 11) is 2.46. The van der Waals surface area contributed by atoms with E-state index in [9.17, 15) is 19.6 Å². The van der Waals surface area contributed by atoms with E-state index in [1.165, 1.54) is 20.3 Å². The lowest BCUT2D eigenvalue weighted by molar-refractivity contribution is -0.142. The van der Waals surface area contributed by atoms with Crippen LogP contribution in [-0.2, 0) is 20.7 Å². The maximum absolute atomic E-state index is 12.5. The van der Waals surface area contributed by atoms with Gasteiger partial charge in [-0.2, -0.15) is 5.26 Å². The molecule has 0 saturated carbocycles. The van der Waals surface area contributed by atoms with Crippen molar-refractivity contribution in [3.63, 3.8) is 0 Å². The molecule has 2 heterocycles. The number of hydrogen-bond acceptors (Lipinski definition) is 7. The Kier molecular flexibility index (Phi) is 5.27. The van der Waals surface area contributed by atoms with Crippen molar-refractivity contribution in [3.05, 3.63) is 35.2 Å². The Bertz CT molecular complexity index is 1130. The third-order valence-electron chi connectivity index (χ3n) is 4.64. The van der Waals surface area contributed by atoms with Crippen molar-refractivity contribution >= 4 is 34.6 Å². The predicted molar refractivity (Wildman–Crippen MR) is 107 cm³/mol. The van der Waals surface area contributed by atoms with E-state index < -0.39 is 23.4 Å². The first kappa shape index (κ1) is 20.9. The standard InChI is InChI=1S/C21H21N3O6/c1-21(2,3)19(26)30-16-9-15-12(7-6-11(10-22)24(15)20(27)29-5)13-8-14(18(25)28-4)23-17(13)16/h6,8-9,23H,7H2,1-5H3. The van der Waals surface area contributed by atoms with Gasteiger partial charge in [0, 0.05) is 11.5 Å². The van der Waals surface area contributed by atoms with Gasteiger partial charge in [-0.3, -0.25) is 4.79 Å². The van der Waals surface area contributed by atoms with Crippen LogP contribution in [0.25, 0.3) is 10.9 Å². The molecule has 30 heavy (non-hydrogen) atoms. The van der Waals surface area contributed by atoms with Gasteiger partial charge in [-0.1, -0.05) is 0 Å². The Morgan fingerprint density at radius 2 is 1.87 bits per heavy atom. The minimum atomic E-state index is -0.792. The smallest absolute Gasteiger partial charge is 0.419 e. The average Bonchev–Trinajstić information content (AvgIpc) is 3.17. The summed E-state index contributed by atoms with van der Waals surface area (Å²) in [6.45, 7) is 5.12. The zero-order valence-corrected chi connectivity index (χ0v) is 17.3. The molecule has 1 aliphatic rings. The minimum Gasteiger partial charge on any atom is -0.464 e. The number of ether oxygens (including phenoxy) is 3. The maximum Gasteiger partial charge on any atom is 0.419 e. The van der Waals surface area contributed by atoms with Crippen molar-refractivity contribution in [2.45, 2.75) is 27.2 Å². The van der Waals surface area contributed by atoms with Crippen LogP contribution in [-0.4, -0.2) is 37.2 Å². The first-order chi connectivity index (χ1) is 14.1. The van der Waals surface area contributed by atoms with Gasteiger partial charge in [-0.25, -0.2) is 14.5 Å². The molecular formula is C21H21N3O6. The van der Waals surface area contributed by atoms with Crippen LogP contribution in [0.4, 0.5) is 10.5 Å². The van der Waals surface area contributed by atoms with E-state index in [0.717, 1.165) is 4.90 Å². The molecular weight excluding hydrogens is 390 g/mol. The number of rotatable bonds is 2. The van der Waals surface area contributed by atoms with Gasteiger partial charge in [-0.15, -0.1) is 0 Å². The zero-order chi connectivity index (χ0) is 22.2. The van der Waals surface area contributed by atoms with E-state index in [0.29, 0.717) is 28.6 Å². The number of carbonyl (C=O) groups excluding carboxylic acids is 3. The Morgan fingerprint density at radius 3 is 2.43 bits per heavy atom. The molecule has 1 N–H and O–H groups in total. The largest absolute Gasteiger partial charge is 0.464 e. The summed E-state index contributed by atoms with van der Waals surface area (Å²) in [5, 5.41) is 10.0. The summed E-state index contributed by atoms with van der Waals surface area (Å²) in [5.41, 5.74) is 0.862. The molecule has 3 rings (SSSR count). The molecule has 0 bridgehead atoms. The summed E-state index contributed by atoms with van der Waals surface area (Å²) in [6.07, 6.45) is 1.15. The number of anilines is 1. The second-order valence-electron chi connectivity index (χ2n) is 7.69. The second-order valence-corrected chi connectivity index (χ2v) is 7.69. The molecule has 0 spiro atoms. The number of methoxy groups -OCH3 is 2. The van der Waals surface area contributed by atoms with E-state index >= 15 is 0 Å². The number of benzene rings is 1. The van der Waals surface area contributed by atoms with Crippen molar-refractivity contribution in [3.8, 4) is 11.8 Å². The number of fused-ring (bicyclic) bond motifs is 3. The summed E-state index contributed by atoms with van der Waals surface area (Å²) >= 11 is 0. The number of allylic oxidation sites excluding steroid dienone is 2. The SMILES string of the molecule is COC(=O)c1cc2c3c(cc(OC(=O)C(C)(C)C)c2[nH]1)N(C(=O)OC)C(C#N)=CC3. The molecule has 0 fully saturated rings. The van der Waals surface area contributed by atoms with Gasteiger partial charge in [0.05, 0.1) is 30.8 Å². The van der Waals surface area contributed by atoms with Gasteiger partial charge >= 0.3 is 18.0 Å². The summed E-state index contributed by atoms with van der Waals surface area (Å²) < 4.78 is 15.2. The van der Waals surface area contributed by atoms with Crippen molar-refractivity contribution < 1.29 is 28.6 Å². The number of aromatic amines is 1. The van der Waals surface area contributed by atoms with Gasteiger partial charge in [0.25, 0.3) is 0 Å². The van der Waals surface area contributed by atoms with Gasteiger partial charge in [0.1, 0.15) is 17.5 Å². The first-order valence-corrected chi connectivity index (χ1v) is 9.09. The molecule has 0 atom stereocenters. The van der Waals surface area contributed by atoms with Crippen molar-refractivity contribution in [2.24, 2.45) is 5.41 Å². The van der Waals surface area contributed by atoms with E-state index in [2.05, 4.69) is 4.98 Å². The molecule has 1 aromatic heterocycles. The van der Waals surface area contributed by atoms with E-state index in [1.54, 1.807) is 32.9 Å². The van der Waals surface area contributed by atoms with Crippen LogP contribution in [0.15, 0.2) is 23.9 Å². The fourth-order valence-corrected chi connectivity index (χ4v) is 3.08. The number of nitrogens with one attached hydrogen (secondary N) is 1. The van der Waals surface area contributed by atoms with Gasteiger partial charge in [0.15, 0.2) is 5.75 Å². The van der Waals surface area contributed by atoms with Crippen molar-refractivity contribution in [1.82, 2.24) is 4.98 Å². The number of hydrogen-bond donors (Lipinski definition) is 1. The molecule has 0 radical (unpaired) electrons. The van der Waals surface area contributed by atoms with Crippen LogP contribution in [0.3, 0.4) is 0 Å². The van der Waals surface area contributed by atoms with Crippen LogP contribution in [0.2, 0.25) is 0 Å². The number of carbonyl (C=O) groups is 3. The second kappa shape index (κ2) is 7.55. The van der Waals surface area contributed by atoms with E-state index in [-0.39, 0.29) is 17.1 Å². The first-order valence-electron chi connectivity index (χ1n) is 9.09. The quantitative estimate of drug-likeness (QED) is 0.593. The molecule has 1 amide bonds. The van der Waals surface area contributed by atoms with Gasteiger partial charge in [0.2, 0.25) is 0 Å². The summed E-state index contributed by atoms with van der Waals surface area (Å²) in [5.74, 6) is -0.983. The monoisotopic (exact) mass is 411 g/mol. The highest BCUT2D eigenvalue weighted by Gasteiger charge is 2.32. The number of H-pyrrole nitrogens is 1. The lowest BCUT2D eigenvalue weighted by atomic mass is 9.97. The maximum atomic E-state index is 12.5. The number of nitriles is 1. The molecule has 9 nitrogen and oxygen atoms in total. The third-order valence-corrected chi connectivity index (χ3v) is 4.64. The van der Waals surface area contributed by atoms with Gasteiger partial charge < -0.3 is 19.2 Å². The zero-order valence-electron chi connectivity index (χ0n) is 17.3. The Balaban J connectivity index is 2.29. The summed E-state index contributed by atoms with van der Waals surface area (Å²) in [6, 6.07) is 5.02. The molecule has 156 valence electrons. The molecule has 0 saturated heterocycles. The van der Waals surface area contributed by atoms with Crippen LogP contribution in [0.1, 0.15) is 36.8 Å². The molecule has 0 aliphatic carbocycles. The topological polar surface area (TPSA) is 122 Å². The minimum absolute atomic E-state index is 0.0884. The van der Waals surface area contributed by atoms with E-state index in [1.807, 2.05) is 6.07 Å². The number of esters is 2. The highest BCUT2D eigenvalue weighted by atomic mass is 16.5. The molecule has 1 aromatic carbocycles. The number of amides is 1. The summed E-state index contributed by atoms with van der Waals surface area (Å²) in [4.78, 5) is 41.0. The normalized spacial score (nSPS) is 13.2. The third kappa shape index (κ3) is 3.48. The molecule has 9 heteroatoms. The van der Waals surface area contributed by atoms with Crippen molar-refractivity contribution in [2.75, 3.05) is 19.1 Å². The Morgan fingerprint density at radius 1 is 1.17 bits per heavy atom. The fraction of sp³-hybridized carbons (Fsp3) is 0.333. The molecule has 2 aromatic rings. The highest BCUT2D eigenvalue weighted by Crippen LogP contribution is 2.41. The van der Waals surface area contributed by atoms with Crippen LogP contribution >= 0.6 is 0 Å². The fourth-order valence-electron chi connectivity index (χ4n) is 3.08. The predicted octanol–water partition coefficient (Wildman–Crippen LogP) is 3.44. The molecule has 0 unspecified atom stereocenters. The number of aromatic nitrogens is 1. The van der Waals surface area contributed by atoms with E-state index in [4.69, 9.17) is 14.2 Å². The Hall–Kier alpha value is -3.80. The Labute approximate surface area is 172 Å². The van der Waals surface area contributed by atoms with Crippen LogP contribution in [0.5, 0.6) is 5.75 Å². The van der Waals surface area contributed by atoms with Gasteiger partial charge in [-0.05, 0) is 44.9 Å². The van der Waals surface area contributed by atoms with Crippen LogP contribution < -0.4 is 9.64 Å². The lowest BCUT2D eigenvalue weighted by Gasteiger charge is -2.27. The average molecular weight is 411 g/mol. The van der Waals surface area contributed by atoms with Crippen molar-refractivity contribution in [1.29, 1.82) is 5.26 Å².